The molecule has 3 nitrogen and oxygen atoms in total. The standard InChI is InChI=1S/C19H22N2O/c1-15-12-20-13-18(15)19(22)21(17-10-6-3-7-11-17)14-16-8-4-2-5-9-16/h2-11,15,18,20H,12-14H2,1H3/t15-,18-/m1/s1. The van der Waals surface area contributed by atoms with E-state index in [0.29, 0.717) is 12.5 Å². The Morgan fingerprint density at radius 1 is 1.05 bits per heavy atom. The van der Waals surface area contributed by atoms with Gasteiger partial charge in [-0.25, -0.2) is 0 Å². The van der Waals surface area contributed by atoms with Gasteiger partial charge in [0.15, 0.2) is 0 Å². The lowest BCUT2D eigenvalue weighted by Crippen LogP contribution is -2.38. The third-order valence-corrected chi connectivity index (χ3v) is 4.35. The van der Waals surface area contributed by atoms with Gasteiger partial charge in [-0.1, -0.05) is 55.5 Å². The van der Waals surface area contributed by atoms with Crippen LogP contribution in [0, 0.1) is 11.8 Å². The summed E-state index contributed by atoms with van der Waals surface area (Å²) in [6, 6.07) is 20.1. The molecule has 3 heteroatoms. The van der Waals surface area contributed by atoms with Gasteiger partial charge in [0.1, 0.15) is 0 Å². The molecule has 2 aromatic carbocycles. The summed E-state index contributed by atoms with van der Waals surface area (Å²) < 4.78 is 0. The first-order valence-corrected chi connectivity index (χ1v) is 7.87. The maximum absolute atomic E-state index is 13.0. The Bertz CT molecular complexity index is 612. The van der Waals surface area contributed by atoms with Crippen LogP contribution in [0.2, 0.25) is 0 Å². The third kappa shape index (κ3) is 3.20. The van der Waals surface area contributed by atoms with Gasteiger partial charge in [0.2, 0.25) is 5.91 Å². The van der Waals surface area contributed by atoms with Crippen molar-refractivity contribution in [1.29, 1.82) is 0 Å². The molecule has 0 unspecified atom stereocenters. The van der Waals surface area contributed by atoms with Gasteiger partial charge in [-0.05, 0) is 30.2 Å². The minimum Gasteiger partial charge on any atom is -0.316 e. The van der Waals surface area contributed by atoms with Gasteiger partial charge in [-0.3, -0.25) is 4.79 Å². The Hall–Kier alpha value is -2.13. The second-order valence-electron chi connectivity index (χ2n) is 5.99. The molecule has 1 fully saturated rings. The predicted octanol–water partition coefficient (Wildman–Crippen LogP) is 3.08. The van der Waals surface area contributed by atoms with Crippen molar-refractivity contribution in [3.63, 3.8) is 0 Å². The molecule has 114 valence electrons. The second-order valence-corrected chi connectivity index (χ2v) is 5.99. The fourth-order valence-corrected chi connectivity index (χ4v) is 3.01. The van der Waals surface area contributed by atoms with E-state index in [-0.39, 0.29) is 11.8 Å². The molecule has 0 aliphatic carbocycles. The predicted molar refractivity (Wildman–Crippen MR) is 89.6 cm³/mol. The fourth-order valence-electron chi connectivity index (χ4n) is 3.01. The number of hydrogen-bond acceptors (Lipinski definition) is 2. The minimum atomic E-state index is 0.0592. The zero-order valence-electron chi connectivity index (χ0n) is 12.9. The molecule has 3 rings (SSSR count). The molecule has 1 aliphatic heterocycles. The van der Waals surface area contributed by atoms with Gasteiger partial charge < -0.3 is 10.2 Å². The molecule has 0 radical (unpaired) electrons. The number of amides is 1. The van der Waals surface area contributed by atoms with Gasteiger partial charge >= 0.3 is 0 Å². The van der Waals surface area contributed by atoms with E-state index in [9.17, 15) is 4.79 Å². The van der Waals surface area contributed by atoms with Crippen molar-refractivity contribution in [2.75, 3.05) is 18.0 Å². The Morgan fingerprint density at radius 3 is 2.27 bits per heavy atom. The van der Waals surface area contributed by atoms with E-state index in [4.69, 9.17) is 0 Å². The van der Waals surface area contributed by atoms with Gasteiger partial charge in [0.05, 0.1) is 12.5 Å². The summed E-state index contributed by atoms with van der Waals surface area (Å²) in [4.78, 5) is 15.0. The molecule has 1 heterocycles. The summed E-state index contributed by atoms with van der Waals surface area (Å²) in [6.45, 7) is 4.46. The number of benzene rings is 2. The SMILES string of the molecule is C[C@@H]1CNC[C@H]1C(=O)N(Cc1ccccc1)c1ccccc1. The van der Waals surface area contributed by atoms with Crippen molar-refractivity contribution >= 4 is 11.6 Å². The van der Waals surface area contributed by atoms with Crippen LogP contribution in [-0.2, 0) is 11.3 Å². The molecule has 1 saturated heterocycles. The molecule has 2 aromatic rings. The highest BCUT2D eigenvalue weighted by Crippen LogP contribution is 2.24. The number of anilines is 1. The largest absolute Gasteiger partial charge is 0.316 e. The first-order valence-electron chi connectivity index (χ1n) is 7.87. The number of rotatable bonds is 4. The van der Waals surface area contributed by atoms with E-state index in [0.717, 1.165) is 24.3 Å². The molecule has 0 aromatic heterocycles. The van der Waals surface area contributed by atoms with Crippen LogP contribution in [0.15, 0.2) is 60.7 Å². The van der Waals surface area contributed by atoms with Gasteiger partial charge in [-0.2, -0.15) is 0 Å². The van der Waals surface area contributed by atoms with Crippen molar-refractivity contribution < 1.29 is 4.79 Å². The lowest BCUT2D eigenvalue weighted by molar-refractivity contribution is -0.122. The van der Waals surface area contributed by atoms with E-state index in [1.54, 1.807) is 0 Å². The van der Waals surface area contributed by atoms with Crippen LogP contribution in [0.25, 0.3) is 0 Å². The highest BCUT2D eigenvalue weighted by molar-refractivity contribution is 5.95. The van der Waals surface area contributed by atoms with Crippen molar-refractivity contribution in [3.8, 4) is 0 Å². The van der Waals surface area contributed by atoms with Crippen molar-refractivity contribution in [3.05, 3.63) is 66.2 Å². The lowest BCUT2D eigenvalue weighted by Gasteiger charge is -2.27. The summed E-state index contributed by atoms with van der Waals surface area (Å²) in [7, 11) is 0. The Balaban J connectivity index is 1.87. The third-order valence-electron chi connectivity index (χ3n) is 4.35. The Morgan fingerprint density at radius 2 is 1.68 bits per heavy atom. The first kappa shape index (κ1) is 14.8. The smallest absolute Gasteiger partial charge is 0.232 e. The summed E-state index contributed by atoms with van der Waals surface area (Å²) in [6.07, 6.45) is 0. The number of carbonyl (C=O) groups excluding carboxylic acids is 1. The molecule has 2 atom stereocenters. The summed E-state index contributed by atoms with van der Waals surface area (Å²) >= 11 is 0. The molecule has 0 spiro atoms. The zero-order chi connectivity index (χ0) is 15.4. The molecule has 1 amide bonds. The van der Waals surface area contributed by atoms with Crippen molar-refractivity contribution in [2.24, 2.45) is 11.8 Å². The molecular formula is C19H22N2O. The first-order chi connectivity index (χ1) is 10.8. The maximum Gasteiger partial charge on any atom is 0.232 e. The maximum atomic E-state index is 13.0. The highest BCUT2D eigenvalue weighted by atomic mass is 16.2. The molecule has 1 aliphatic rings. The van der Waals surface area contributed by atoms with E-state index >= 15 is 0 Å². The van der Waals surface area contributed by atoms with Crippen molar-refractivity contribution in [2.45, 2.75) is 13.5 Å². The second kappa shape index (κ2) is 6.75. The van der Waals surface area contributed by atoms with Gasteiger partial charge in [0, 0.05) is 12.2 Å². The van der Waals surface area contributed by atoms with Crippen LogP contribution < -0.4 is 10.2 Å². The van der Waals surface area contributed by atoms with Crippen LogP contribution in [0.1, 0.15) is 12.5 Å². The topological polar surface area (TPSA) is 32.3 Å². The molecule has 0 bridgehead atoms. The number of nitrogens with one attached hydrogen (secondary N) is 1. The van der Waals surface area contributed by atoms with E-state index in [1.807, 2.05) is 53.4 Å². The molecule has 1 N–H and O–H groups in total. The van der Waals surface area contributed by atoms with Crippen LogP contribution in [0.4, 0.5) is 5.69 Å². The molecular weight excluding hydrogens is 272 g/mol. The minimum absolute atomic E-state index is 0.0592. The van der Waals surface area contributed by atoms with E-state index in [2.05, 4.69) is 24.4 Å². The zero-order valence-corrected chi connectivity index (χ0v) is 12.9. The van der Waals surface area contributed by atoms with Crippen LogP contribution >= 0.6 is 0 Å². The Kier molecular flexibility index (Phi) is 4.54. The molecule has 22 heavy (non-hydrogen) atoms. The summed E-state index contributed by atoms with van der Waals surface area (Å²) in [5, 5.41) is 3.33. The highest BCUT2D eigenvalue weighted by Gasteiger charge is 2.33. The van der Waals surface area contributed by atoms with Gasteiger partial charge in [0.25, 0.3) is 0 Å². The van der Waals surface area contributed by atoms with Crippen LogP contribution in [0.3, 0.4) is 0 Å². The average Bonchev–Trinajstić information content (AvgIpc) is 3.00. The summed E-state index contributed by atoms with van der Waals surface area (Å²) in [5.41, 5.74) is 2.12. The van der Waals surface area contributed by atoms with E-state index < -0.39 is 0 Å². The number of nitrogens with zero attached hydrogens (tertiary/aromatic N) is 1. The van der Waals surface area contributed by atoms with Crippen molar-refractivity contribution in [1.82, 2.24) is 5.32 Å². The summed E-state index contributed by atoms with van der Waals surface area (Å²) in [5.74, 6) is 0.658. The quantitative estimate of drug-likeness (QED) is 0.940. The Labute approximate surface area is 132 Å². The number of carbonyl (C=O) groups is 1. The molecule has 0 saturated carbocycles. The fraction of sp³-hybridized carbons (Fsp3) is 0.316. The monoisotopic (exact) mass is 294 g/mol. The van der Waals surface area contributed by atoms with Crippen LogP contribution in [0.5, 0.6) is 0 Å². The average molecular weight is 294 g/mol. The van der Waals surface area contributed by atoms with Crippen LogP contribution in [-0.4, -0.2) is 19.0 Å². The number of hydrogen-bond donors (Lipinski definition) is 1. The van der Waals surface area contributed by atoms with Gasteiger partial charge in [-0.15, -0.1) is 0 Å². The normalized spacial score (nSPS) is 20.8. The van der Waals surface area contributed by atoms with E-state index in [1.165, 1.54) is 0 Å². The number of para-hydroxylation sites is 1. The lowest BCUT2D eigenvalue weighted by atomic mass is 9.96.